The summed E-state index contributed by atoms with van der Waals surface area (Å²) >= 11 is 0. The van der Waals surface area contributed by atoms with Gasteiger partial charge in [0.2, 0.25) is 0 Å². The average Bonchev–Trinajstić information content (AvgIpc) is 3.29. The van der Waals surface area contributed by atoms with E-state index < -0.39 is 47.2 Å². The van der Waals surface area contributed by atoms with Crippen molar-refractivity contribution in [1.29, 1.82) is 0 Å². The van der Waals surface area contributed by atoms with Gasteiger partial charge in [0.1, 0.15) is 5.69 Å². The summed E-state index contributed by atoms with van der Waals surface area (Å²) in [5.41, 5.74) is -8.89. The molecular formula is C16H15F6N5O4. The Bertz CT molecular complexity index is 1220. The largest absolute Gasteiger partial charge is 0.432 e. The van der Waals surface area contributed by atoms with Crippen LogP contribution in [0.4, 0.5) is 26.3 Å². The average molecular weight is 455 g/mol. The SMILES string of the molecule is CCCn1cnc2c1c(=O)n(Cc1cc(C(O)(C(F)(F)F)C(F)(F)F)no1)c(=O)n2C. The molecule has 0 radical (unpaired) electrons. The summed E-state index contributed by atoms with van der Waals surface area (Å²) in [6.45, 7) is 1.38. The normalized spacial score (nSPS) is 13.3. The van der Waals surface area contributed by atoms with Gasteiger partial charge in [0, 0.05) is 19.7 Å². The summed E-state index contributed by atoms with van der Waals surface area (Å²) in [4.78, 5) is 29.3. The molecular weight excluding hydrogens is 440 g/mol. The molecule has 3 aromatic rings. The van der Waals surface area contributed by atoms with Crippen molar-refractivity contribution < 1.29 is 36.0 Å². The number of hydrogen-bond acceptors (Lipinski definition) is 6. The summed E-state index contributed by atoms with van der Waals surface area (Å²) in [6, 6.07) is 0.195. The minimum atomic E-state index is -6.15. The fourth-order valence-corrected chi connectivity index (χ4v) is 3.04. The molecule has 3 heterocycles. The number of rotatable bonds is 5. The van der Waals surface area contributed by atoms with E-state index in [0.29, 0.717) is 17.5 Å². The lowest BCUT2D eigenvalue weighted by atomic mass is 9.98. The zero-order valence-corrected chi connectivity index (χ0v) is 16.0. The van der Waals surface area contributed by atoms with E-state index in [1.54, 1.807) is 0 Å². The van der Waals surface area contributed by atoms with E-state index >= 15 is 0 Å². The Morgan fingerprint density at radius 1 is 1.13 bits per heavy atom. The van der Waals surface area contributed by atoms with E-state index in [-0.39, 0.29) is 17.2 Å². The molecule has 1 N–H and O–H groups in total. The number of aliphatic hydroxyl groups is 1. The predicted octanol–water partition coefficient (Wildman–Crippen LogP) is 1.66. The zero-order valence-electron chi connectivity index (χ0n) is 16.0. The highest BCUT2D eigenvalue weighted by atomic mass is 19.4. The molecule has 0 amide bonds. The van der Waals surface area contributed by atoms with Gasteiger partial charge in [-0.1, -0.05) is 12.1 Å². The first kappa shape index (κ1) is 22.6. The van der Waals surface area contributed by atoms with Crippen molar-refractivity contribution in [2.24, 2.45) is 7.05 Å². The fraction of sp³-hybridized carbons (Fsp3) is 0.500. The molecule has 9 nitrogen and oxygen atoms in total. The second kappa shape index (κ2) is 7.25. The molecule has 170 valence electrons. The maximum atomic E-state index is 13.0. The monoisotopic (exact) mass is 455 g/mol. The van der Waals surface area contributed by atoms with Crippen LogP contribution in [0.5, 0.6) is 0 Å². The Morgan fingerprint density at radius 3 is 2.29 bits per heavy atom. The lowest BCUT2D eigenvalue weighted by molar-refractivity contribution is -0.377. The van der Waals surface area contributed by atoms with Gasteiger partial charge in [-0.2, -0.15) is 26.3 Å². The van der Waals surface area contributed by atoms with Gasteiger partial charge in [0.05, 0.1) is 12.9 Å². The van der Waals surface area contributed by atoms with Gasteiger partial charge < -0.3 is 14.2 Å². The predicted molar refractivity (Wildman–Crippen MR) is 91.1 cm³/mol. The molecule has 0 aromatic carbocycles. The van der Waals surface area contributed by atoms with Crippen molar-refractivity contribution in [1.82, 2.24) is 23.8 Å². The molecule has 0 aliphatic heterocycles. The van der Waals surface area contributed by atoms with Crippen LogP contribution < -0.4 is 11.2 Å². The number of nitrogens with zero attached hydrogens (tertiary/aromatic N) is 5. The van der Waals surface area contributed by atoms with Crippen molar-refractivity contribution >= 4 is 11.2 Å². The first-order valence-corrected chi connectivity index (χ1v) is 8.70. The molecule has 0 spiro atoms. The molecule has 3 rings (SSSR count). The van der Waals surface area contributed by atoms with Crippen molar-refractivity contribution in [3.63, 3.8) is 0 Å². The molecule has 0 unspecified atom stereocenters. The van der Waals surface area contributed by atoms with E-state index in [0.717, 1.165) is 4.57 Å². The van der Waals surface area contributed by atoms with E-state index in [1.165, 1.54) is 17.9 Å². The van der Waals surface area contributed by atoms with Gasteiger partial charge in [-0.3, -0.25) is 13.9 Å². The molecule has 15 heteroatoms. The second-order valence-electron chi connectivity index (χ2n) is 6.73. The van der Waals surface area contributed by atoms with Crippen LogP contribution >= 0.6 is 0 Å². The summed E-state index contributed by atoms with van der Waals surface area (Å²) < 4.78 is 85.4. The van der Waals surface area contributed by atoms with Gasteiger partial charge in [-0.25, -0.2) is 9.78 Å². The standard InChI is InChI=1S/C16H15F6N5O4/c1-3-4-26-7-23-11-10(26)12(28)27(13(29)25(11)2)6-8-5-9(24-31-8)14(30,15(17,18)19)16(20,21)22/h5,7,30H,3-4,6H2,1-2H3. The Kier molecular flexibility index (Phi) is 5.28. The minimum absolute atomic E-state index is 0.0192. The zero-order chi connectivity index (χ0) is 23.4. The third-order valence-corrected chi connectivity index (χ3v) is 4.63. The third kappa shape index (κ3) is 3.41. The van der Waals surface area contributed by atoms with Gasteiger partial charge in [0.25, 0.3) is 5.56 Å². The molecule has 0 aliphatic carbocycles. The molecule has 0 fully saturated rings. The lowest BCUT2D eigenvalue weighted by Crippen LogP contribution is -2.54. The smallest absolute Gasteiger partial charge is 0.368 e. The highest BCUT2D eigenvalue weighted by molar-refractivity contribution is 5.69. The lowest BCUT2D eigenvalue weighted by Gasteiger charge is -2.30. The molecule has 0 aliphatic rings. The molecule has 0 saturated carbocycles. The minimum Gasteiger partial charge on any atom is -0.368 e. The Hall–Kier alpha value is -3.10. The van der Waals surface area contributed by atoms with Crippen LogP contribution in [0.15, 0.2) is 26.5 Å². The van der Waals surface area contributed by atoms with E-state index in [4.69, 9.17) is 0 Å². The summed E-state index contributed by atoms with van der Waals surface area (Å²) in [5, 5.41) is 12.1. The number of fused-ring (bicyclic) bond motifs is 1. The molecule has 3 aromatic heterocycles. The first-order chi connectivity index (χ1) is 14.2. The quantitative estimate of drug-likeness (QED) is 0.587. The van der Waals surface area contributed by atoms with E-state index in [2.05, 4.69) is 14.7 Å². The van der Waals surface area contributed by atoms with Crippen molar-refractivity contribution in [3.05, 3.63) is 44.7 Å². The van der Waals surface area contributed by atoms with Crippen LogP contribution in [-0.2, 0) is 25.7 Å². The molecule has 0 saturated heterocycles. The maximum absolute atomic E-state index is 13.0. The number of aromatic nitrogens is 5. The first-order valence-electron chi connectivity index (χ1n) is 8.70. The van der Waals surface area contributed by atoms with Crippen LogP contribution in [0.25, 0.3) is 11.2 Å². The molecule has 0 bridgehead atoms. The Balaban J connectivity index is 2.11. The van der Waals surface area contributed by atoms with Crippen LogP contribution in [-0.4, -0.2) is 41.3 Å². The highest BCUT2D eigenvalue weighted by Crippen LogP contribution is 2.49. The van der Waals surface area contributed by atoms with Gasteiger partial charge >= 0.3 is 23.6 Å². The van der Waals surface area contributed by atoms with Gasteiger partial charge in [0.15, 0.2) is 16.9 Å². The van der Waals surface area contributed by atoms with Crippen LogP contribution in [0.1, 0.15) is 24.8 Å². The van der Waals surface area contributed by atoms with Crippen molar-refractivity contribution in [3.8, 4) is 0 Å². The summed E-state index contributed by atoms with van der Waals surface area (Å²) in [5.74, 6) is -0.679. The summed E-state index contributed by atoms with van der Waals surface area (Å²) in [7, 11) is 1.29. The van der Waals surface area contributed by atoms with E-state index in [9.17, 15) is 41.0 Å². The summed E-state index contributed by atoms with van der Waals surface area (Å²) in [6.07, 6.45) is -10.4. The Labute approximate surface area is 168 Å². The van der Waals surface area contributed by atoms with Gasteiger partial charge in [-0.15, -0.1) is 0 Å². The highest BCUT2D eigenvalue weighted by Gasteiger charge is 2.73. The maximum Gasteiger partial charge on any atom is 0.432 e. The number of halogens is 6. The molecule has 31 heavy (non-hydrogen) atoms. The second-order valence-corrected chi connectivity index (χ2v) is 6.73. The van der Waals surface area contributed by atoms with Crippen molar-refractivity contribution in [2.45, 2.75) is 44.4 Å². The fourth-order valence-electron chi connectivity index (χ4n) is 3.04. The van der Waals surface area contributed by atoms with Crippen LogP contribution in [0, 0.1) is 0 Å². The molecule has 0 atom stereocenters. The van der Waals surface area contributed by atoms with Crippen molar-refractivity contribution in [2.75, 3.05) is 0 Å². The number of imidazole rings is 1. The topological polar surface area (TPSA) is 108 Å². The number of aryl methyl sites for hydroxylation is 2. The Morgan fingerprint density at radius 2 is 1.74 bits per heavy atom. The van der Waals surface area contributed by atoms with Gasteiger partial charge in [-0.05, 0) is 6.42 Å². The van der Waals surface area contributed by atoms with Crippen LogP contribution in [0.3, 0.4) is 0 Å². The van der Waals surface area contributed by atoms with E-state index in [1.807, 2.05) is 6.92 Å². The third-order valence-electron chi connectivity index (χ3n) is 4.63. The number of alkyl halides is 6. The van der Waals surface area contributed by atoms with Crippen LogP contribution in [0.2, 0.25) is 0 Å². The number of hydrogen-bond donors (Lipinski definition) is 1.